The second-order valence-electron chi connectivity index (χ2n) is 6.00. The molecule has 0 aliphatic heterocycles. The number of nitrogens with zero attached hydrogens (tertiary/aromatic N) is 1. The van der Waals surface area contributed by atoms with Crippen molar-refractivity contribution in [3.63, 3.8) is 0 Å². The quantitative estimate of drug-likeness (QED) is 0.518. The molecule has 26 heavy (non-hydrogen) atoms. The van der Waals surface area contributed by atoms with Crippen LogP contribution in [0.5, 0.6) is 0 Å². The third-order valence-electron chi connectivity index (χ3n) is 4.14. The number of halogens is 2. The van der Waals surface area contributed by atoms with Crippen LogP contribution in [0.25, 0.3) is 0 Å². The molecule has 0 atom stereocenters. The molecular weight excluding hydrogens is 367 g/mol. The fraction of sp³-hybridized carbons (Fsp3) is 0.0952. The van der Waals surface area contributed by atoms with E-state index in [1.54, 1.807) is 23.1 Å². The van der Waals surface area contributed by atoms with E-state index in [0.29, 0.717) is 15.7 Å². The molecule has 1 N–H and O–H groups in total. The summed E-state index contributed by atoms with van der Waals surface area (Å²) >= 11 is 12.0. The minimum absolute atomic E-state index is 0.280. The van der Waals surface area contributed by atoms with E-state index in [4.69, 9.17) is 23.2 Å². The van der Waals surface area contributed by atoms with Crippen molar-refractivity contribution in [2.45, 2.75) is 13.8 Å². The number of hydrogen-bond acceptors (Lipinski definition) is 1. The first-order chi connectivity index (χ1) is 12.5. The minimum atomic E-state index is -0.280. The molecule has 5 heteroatoms. The molecule has 3 aromatic carbocycles. The normalized spacial score (nSPS) is 10.5. The van der Waals surface area contributed by atoms with Crippen molar-refractivity contribution in [1.29, 1.82) is 0 Å². The maximum Gasteiger partial charge on any atom is 0.330 e. The molecule has 2 amide bonds. The van der Waals surface area contributed by atoms with Crippen LogP contribution in [-0.4, -0.2) is 6.03 Å². The van der Waals surface area contributed by atoms with Crippen LogP contribution in [-0.2, 0) is 0 Å². The minimum Gasteiger partial charge on any atom is -0.307 e. The van der Waals surface area contributed by atoms with E-state index in [9.17, 15) is 4.79 Å². The van der Waals surface area contributed by atoms with Crippen molar-refractivity contribution in [2.75, 3.05) is 10.2 Å². The first-order valence-corrected chi connectivity index (χ1v) is 8.90. The van der Waals surface area contributed by atoms with Crippen molar-refractivity contribution < 1.29 is 4.79 Å². The number of hydrogen-bond donors (Lipinski definition) is 1. The van der Waals surface area contributed by atoms with Crippen LogP contribution in [0.15, 0.2) is 66.7 Å². The first-order valence-electron chi connectivity index (χ1n) is 8.14. The molecule has 0 aliphatic rings. The molecule has 3 aromatic rings. The zero-order chi connectivity index (χ0) is 18.7. The van der Waals surface area contributed by atoms with Crippen LogP contribution >= 0.6 is 23.2 Å². The third kappa shape index (κ3) is 4.01. The number of aryl methyl sites for hydroxylation is 2. The standard InChI is InChI=1S/C21H18Cl2N2O/c1-14-8-10-18(12-15(14)2)25(17-6-4-3-5-7-17)21(26)24-16-9-11-19(22)20(23)13-16/h3-13H,1-2H3,(H,24,26). The Morgan fingerprint density at radius 2 is 1.54 bits per heavy atom. The van der Waals surface area contributed by atoms with Crippen molar-refractivity contribution in [2.24, 2.45) is 0 Å². The fourth-order valence-corrected chi connectivity index (χ4v) is 2.88. The average molecular weight is 385 g/mol. The Labute approximate surface area is 163 Å². The summed E-state index contributed by atoms with van der Waals surface area (Å²) in [6.45, 7) is 4.07. The molecule has 0 saturated carbocycles. The molecule has 0 spiro atoms. The molecule has 0 aliphatic carbocycles. The highest BCUT2D eigenvalue weighted by molar-refractivity contribution is 6.42. The molecule has 0 radical (unpaired) electrons. The van der Waals surface area contributed by atoms with Gasteiger partial charge < -0.3 is 5.32 Å². The molecule has 3 nitrogen and oxygen atoms in total. The van der Waals surface area contributed by atoms with Gasteiger partial charge in [-0.3, -0.25) is 4.90 Å². The number of urea groups is 1. The van der Waals surface area contributed by atoms with Crippen molar-refractivity contribution in [3.8, 4) is 0 Å². The van der Waals surface area contributed by atoms with E-state index >= 15 is 0 Å². The van der Waals surface area contributed by atoms with Crippen LogP contribution in [0, 0.1) is 13.8 Å². The van der Waals surface area contributed by atoms with Crippen LogP contribution in [0.3, 0.4) is 0 Å². The Balaban J connectivity index is 1.98. The lowest BCUT2D eigenvalue weighted by molar-refractivity contribution is 0.259. The molecule has 0 unspecified atom stereocenters. The summed E-state index contributed by atoms with van der Waals surface area (Å²) < 4.78 is 0. The lowest BCUT2D eigenvalue weighted by Gasteiger charge is -2.24. The third-order valence-corrected chi connectivity index (χ3v) is 4.88. The monoisotopic (exact) mass is 384 g/mol. The molecule has 3 rings (SSSR count). The van der Waals surface area contributed by atoms with Gasteiger partial charge in [0.1, 0.15) is 0 Å². The maximum atomic E-state index is 13.0. The number of para-hydroxylation sites is 1. The van der Waals surface area contributed by atoms with Crippen molar-refractivity contribution >= 4 is 46.3 Å². The van der Waals surface area contributed by atoms with Gasteiger partial charge in [-0.15, -0.1) is 0 Å². The number of rotatable bonds is 3. The maximum absolute atomic E-state index is 13.0. The predicted molar refractivity (Wildman–Crippen MR) is 110 cm³/mol. The summed E-state index contributed by atoms with van der Waals surface area (Å²) in [5.41, 5.74) is 4.43. The summed E-state index contributed by atoms with van der Waals surface area (Å²) in [7, 11) is 0. The number of benzene rings is 3. The molecule has 0 saturated heterocycles. The molecule has 0 heterocycles. The summed E-state index contributed by atoms with van der Waals surface area (Å²) in [6, 6.07) is 20.2. The SMILES string of the molecule is Cc1ccc(N(C(=O)Nc2ccc(Cl)c(Cl)c2)c2ccccc2)cc1C. The van der Waals surface area contributed by atoms with Gasteiger partial charge in [-0.05, 0) is 67.4 Å². The average Bonchev–Trinajstić information content (AvgIpc) is 2.62. The van der Waals surface area contributed by atoms with E-state index in [2.05, 4.69) is 5.32 Å². The summed E-state index contributed by atoms with van der Waals surface area (Å²) in [5, 5.41) is 3.72. The highest BCUT2D eigenvalue weighted by Crippen LogP contribution is 2.29. The molecule has 0 bridgehead atoms. The number of carbonyl (C=O) groups excluding carboxylic acids is 1. The van der Waals surface area contributed by atoms with Gasteiger partial charge in [0.2, 0.25) is 0 Å². The van der Waals surface area contributed by atoms with Gasteiger partial charge in [-0.2, -0.15) is 0 Å². The Hall–Kier alpha value is -2.49. The fourth-order valence-electron chi connectivity index (χ4n) is 2.58. The van der Waals surface area contributed by atoms with Gasteiger partial charge in [0.05, 0.1) is 21.4 Å². The summed E-state index contributed by atoms with van der Waals surface area (Å²) in [5.74, 6) is 0. The van der Waals surface area contributed by atoms with E-state index in [1.807, 2.05) is 62.4 Å². The second kappa shape index (κ2) is 7.81. The van der Waals surface area contributed by atoms with E-state index in [0.717, 1.165) is 16.9 Å². The zero-order valence-corrected chi connectivity index (χ0v) is 16.0. The highest BCUT2D eigenvalue weighted by atomic mass is 35.5. The van der Waals surface area contributed by atoms with Crippen molar-refractivity contribution in [3.05, 3.63) is 87.9 Å². The van der Waals surface area contributed by atoms with E-state index in [1.165, 1.54) is 5.56 Å². The highest BCUT2D eigenvalue weighted by Gasteiger charge is 2.19. The molecular formula is C21H18Cl2N2O. The Bertz CT molecular complexity index is 942. The summed E-state index contributed by atoms with van der Waals surface area (Å²) in [6.07, 6.45) is 0. The second-order valence-corrected chi connectivity index (χ2v) is 6.81. The Morgan fingerprint density at radius 3 is 2.19 bits per heavy atom. The van der Waals surface area contributed by atoms with Gasteiger partial charge in [-0.25, -0.2) is 4.79 Å². The molecule has 0 aromatic heterocycles. The lowest BCUT2D eigenvalue weighted by atomic mass is 10.1. The van der Waals surface area contributed by atoms with Gasteiger partial charge in [0.25, 0.3) is 0 Å². The van der Waals surface area contributed by atoms with E-state index < -0.39 is 0 Å². The number of nitrogens with one attached hydrogen (secondary N) is 1. The molecule has 0 fully saturated rings. The first kappa shape index (κ1) is 18.3. The van der Waals surface area contributed by atoms with Crippen LogP contribution in [0.1, 0.15) is 11.1 Å². The predicted octanol–water partition coefficient (Wildman–Crippen LogP) is 6.98. The smallest absolute Gasteiger partial charge is 0.307 e. The van der Waals surface area contributed by atoms with Crippen LogP contribution < -0.4 is 10.2 Å². The lowest BCUT2D eigenvalue weighted by Crippen LogP contribution is -2.30. The van der Waals surface area contributed by atoms with Crippen LogP contribution in [0.4, 0.5) is 21.9 Å². The number of anilines is 3. The van der Waals surface area contributed by atoms with Crippen molar-refractivity contribution in [1.82, 2.24) is 0 Å². The number of amides is 2. The Morgan fingerprint density at radius 1 is 0.808 bits per heavy atom. The summed E-state index contributed by atoms with van der Waals surface area (Å²) in [4.78, 5) is 14.7. The van der Waals surface area contributed by atoms with Gasteiger partial charge >= 0.3 is 6.03 Å². The van der Waals surface area contributed by atoms with Gasteiger partial charge in [0.15, 0.2) is 0 Å². The van der Waals surface area contributed by atoms with Crippen LogP contribution in [0.2, 0.25) is 10.0 Å². The van der Waals surface area contributed by atoms with E-state index in [-0.39, 0.29) is 6.03 Å². The van der Waals surface area contributed by atoms with Gasteiger partial charge in [-0.1, -0.05) is 47.5 Å². The number of carbonyl (C=O) groups is 1. The topological polar surface area (TPSA) is 32.3 Å². The zero-order valence-electron chi connectivity index (χ0n) is 14.5. The largest absolute Gasteiger partial charge is 0.330 e. The van der Waals surface area contributed by atoms with Gasteiger partial charge in [0, 0.05) is 5.69 Å². The molecule has 132 valence electrons. The Kier molecular flexibility index (Phi) is 5.50.